The molecule has 0 unspecified atom stereocenters. The van der Waals surface area contributed by atoms with Gasteiger partial charge in [-0.2, -0.15) is 14.4 Å². The van der Waals surface area contributed by atoms with E-state index in [0.29, 0.717) is 50.3 Å². The van der Waals surface area contributed by atoms with Gasteiger partial charge in [0.2, 0.25) is 5.83 Å². The van der Waals surface area contributed by atoms with E-state index in [1.54, 1.807) is 67.1 Å². The van der Waals surface area contributed by atoms with Crippen LogP contribution in [0.4, 0.5) is 38.0 Å². The molecule has 1 amide bonds. The Balaban J connectivity index is 0.000000208. The van der Waals surface area contributed by atoms with E-state index in [4.69, 9.17) is 10.1 Å². The molecule has 2 aliphatic heterocycles. The highest BCUT2D eigenvalue weighted by molar-refractivity contribution is 7.99. The third-order valence-electron chi connectivity index (χ3n) is 15.0. The van der Waals surface area contributed by atoms with Crippen LogP contribution in [0.15, 0.2) is 117 Å². The largest absolute Gasteiger partial charge is 0.476 e. The fraction of sp³-hybridized carbons (Fsp3) is 0.333. The number of thioether (sulfide) groups is 2. The zero-order chi connectivity index (χ0) is 63.5. The lowest BCUT2D eigenvalue weighted by Gasteiger charge is -2.40. The van der Waals surface area contributed by atoms with Crippen molar-refractivity contribution in [3.8, 4) is 33.9 Å². The lowest BCUT2D eigenvalue weighted by Crippen LogP contribution is -2.54. The van der Waals surface area contributed by atoms with Gasteiger partial charge < -0.3 is 19.8 Å². The van der Waals surface area contributed by atoms with Gasteiger partial charge >= 0.3 is 17.3 Å². The molecule has 8 aromatic rings. The summed E-state index contributed by atoms with van der Waals surface area (Å²) >= 11 is 2.56. The standard InChI is InChI=1S/C31H31F3N6O2S.C29H31F2N5OS.C3H3FO2/c1-16(2)25-27(17(3)10-11-35-25)40-29-20(14-22(34)26(36-29)24-21(33)8-7-9-23(24)43-6)28(37-31(40)42)39-13-12-38(15-18(39)4)30(41)19(5)32;1-16(2)24-26(17(3)12-13-32-24)36-28-19(27(34-29(36)37)35-14-7-6-9-18(35)4)15-21(31)25(33-28)23-20(30)10-8-11-22(23)38-5;1-2(4)3(5)6/h7-11,14,16,18H,5,12-13,15H2,1-4,6H3;8,10-13,15-16,18H,6-7,9,14H2,1-5H3;1H2,(H,5,6)/t2*18-;/m00./s1. The number of carbonyl (C=O) groups excluding carboxylic acids is 1. The SMILES string of the molecule is C=C(F)C(=O)N1CCN(c2nc(=O)n(-c3c(C)ccnc3C(C)C)c3nc(-c4c(F)cccc4SC)c(F)cc23)[C@@H](C)C1.C=C(F)C(=O)O.CSc1cccc(F)c1-c1nc2c(cc1F)c(N1CCCC[C@@H]1C)nc(=O)n2-c1c(C)ccnc1C(C)C. The molecule has 0 spiro atoms. The molecule has 0 radical (unpaired) electrons. The van der Waals surface area contributed by atoms with Crippen LogP contribution in [0.5, 0.6) is 0 Å². The van der Waals surface area contributed by atoms with Gasteiger partial charge in [0.25, 0.3) is 5.91 Å². The van der Waals surface area contributed by atoms with Gasteiger partial charge in [0.15, 0.2) is 28.8 Å². The number of amides is 1. The Morgan fingerprint density at radius 3 is 1.44 bits per heavy atom. The first-order chi connectivity index (χ1) is 41.3. The Labute approximate surface area is 507 Å². The van der Waals surface area contributed by atoms with Crippen LogP contribution in [0.3, 0.4) is 0 Å². The number of aliphatic carboxylic acids is 1. The predicted octanol–water partition coefficient (Wildman–Crippen LogP) is 13.0. The highest BCUT2D eigenvalue weighted by Gasteiger charge is 2.33. The molecule has 2 saturated heterocycles. The van der Waals surface area contributed by atoms with Crippen LogP contribution in [0.1, 0.15) is 95.2 Å². The second-order valence-corrected chi connectivity index (χ2v) is 23.3. The number of hydrogen-bond acceptors (Lipinski definition) is 14. The zero-order valence-corrected chi connectivity index (χ0v) is 51.3. The molecule has 87 heavy (non-hydrogen) atoms. The number of carboxylic acid groups (broad SMARTS) is 1. The van der Waals surface area contributed by atoms with Gasteiger partial charge in [-0.1, -0.05) is 53.0 Å². The number of nitrogens with zero attached hydrogens (tertiary/aromatic N) is 11. The highest BCUT2D eigenvalue weighted by Crippen LogP contribution is 2.40. The van der Waals surface area contributed by atoms with Crippen LogP contribution in [0.2, 0.25) is 0 Å². The molecule has 2 atom stereocenters. The second kappa shape index (κ2) is 27.1. The van der Waals surface area contributed by atoms with Crippen molar-refractivity contribution < 1.29 is 41.0 Å². The van der Waals surface area contributed by atoms with Crippen molar-refractivity contribution in [2.75, 3.05) is 48.5 Å². The highest BCUT2D eigenvalue weighted by atomic mass is 32.2. The Morgan fingerprint density at radius 2 is 1.06 bits per heavy atom. The normalized spacial score (nSPS) is 15.1. The summed E-state index contributed by atoms with van der Waals surface area (Å²) in [5.41, 5.74) is 2.74. The second-order valence-electron chi connectivity index (χ2n) is 21.6. The van der Waals surface area contributed by atoms with Gasteiger partial charge in [0, 0.05) is 60.4 Å². The van der Waals surface area contributed by atoms with Crippen LogP contribution in [0.25, 0.3) is 56.0 Å². The van der Waals surface area contributed by atoms with Gasteiger partial charge in [0.1, 0.15) is 34.7 Å². The summed E-state index contributed by atoms with van der Waals surface area (Å²) in [6.07, 6.45) is 9.91. The molecular weight excluding hydrogens is 1170 g/mol. The van der Waals surface area contributed by atoms with Crippen molar-refractivity contribution in [2.24, 2.45) is 0 Å². The number of halogens is 6. The predicted molar refractivity (Wildman–Crippen MR) is 330 cm³/mol. The summed E-state index contributed by atoms with van der Waals surface area (Å²) in [6.45, 7) is 22.3. The molecule has 1 N–H and O–H groups in total. The fourth-order valence-corrected chi connectivity index (χ4v) is 12.0. The molecule has 2 aromatic carbocycles. The molecule has 6 aromatic heterocycles. The van der Waals surface area contributed by atoms with Gasteiger partial charge in [-0.3, -0.25) is 14.8 Å². The Bertz CT molecular complexity index is 4130. The molecule has 0 aliphatic carbocycles. The van der Waals surface area contributed by atoms with E-state index >= 15 is 17.6 Å². The van der Waals surface area contributed by atoms with Crippen molar-refractivity contribution >= 4 is 69.1 Å². The van der Waals surface area contributed by atoms with E-state index in [2.05, 4.69) is 49.9 Å². The lowest BCUT2D eigenvalue weighted by molar-refractivity contribution is -0.134. The minimum Gasteiger partial charge on any atom is -0.476 e. The first-order valence-electron chi connectivity index (χ1n) is 27.9. The van der Waals surface area contributed by atoms with Gasteiger partial charge in [-0.15, -0.1) is 23.5 Å². The van der Waals surface area contributed by atoms with E-state index in [-0.39, 0.29) is 82.5 Å². The molecule has 0 bridgehead atoms. The molecule has 2 aliphatic rings. The number of aryl methyl sites for hydroxylation is 2. The molecule has 0 saturated carbocycles. The summed E-state index contributed by atoms with van der Waals surface area (Å²) in [4.78, 5) is 82.9. The van der Waals surface area contributed by atoms with Crippen molar-refractivity contribution in [1.82, 2.24) is 43.9 Å². The average Bonchev–Trinajstić information content (AvgIpc) is 0.787. The quantitative estimate of drug-likeness (QED) is 0.0691. The monoisotopic (exact) mass is 1230 g/mol. The van der Waals surface area contributed by atoms with E-state index in [1.807, 2.05) is 47.6 Å². The van der Waals surface area contributed by atoms with E-state index in [0.717, 1.165) is 30.4 Å². The number of carboxylic acids is 1. The van der Waals surface area contributed by atoms with Crippen molar-refractivity contribution in [3.05, 3.63) is 165 Å². The van der Waals surface area contributed by atoms with Gasteiger partial charge in [0.05, 0.1) is 44.7 Å². The number of piperidine rings is 1. The topological polar surface area (TPSA) is 185 Å². The molecule has 8 heterocycles. The van der Waals surface area contributed by atoms with Crippen LogP contribution < -0.4 is 21.2 Å². The van der Waals surface area contributed by atoms with E-state index in [1.165, 1.54) is 61.8 Å². The van der Waals surface area contributed by atoms with Gasteiger partial charge in [-0.05, 0) is 131 Å². The number of benzene rings is 2. The van der Waals surface area contributed by atoms with Crippen molar-refractivity contribution in [2.45, 2.75) is 108 Å². The number of hydrogen-bond donors (Lipinski definition) is 1. The molecule has 16 nitrogen and oxygen atoms in total. The van der Waals surface area contributed by atoms with Crippen LogP contribution in [-0.2, 0) is 9.59 Å². The molecule has 2 fully saturated rings. The maximum atomic E-state index is 16.0. The number of fused-ring (bicyclic) bond motifs is 2. The third kappa shape index (κ3) is 13.2. The van der Waals surface area contributed by atoms with Crippen LogP contribution >= 0.6 is 23.5 Å². The van der Waals surface area contributed by atoms with E-state index < -0.39 is 64.2 Å². The average molecular weight is 1230 g/mol. The Kier molecular flexibility index (Phi) is 20.1. The minimum atomic E-state index is -1.60. The minimum absolute atomic E-state index is 0.00299. The number of piperazine rings is 1. The number of rotatable bonds is 12. The molecular formula is C63H65F6N11O5S2. The third-order valence-corrected chi connectivity index (χ3v) is 16.6. The smallest absolute Gasteiger partial charge is 0.364 e. The number of anilines is 2. The number of pyridine rings is 4. The summed E-state index contributed by atoms with van der Waals surface area (Å²) < 4.78 is 89.6. The molecule has 10 rings (SSSR count). The van der Waals surface area contributed by atoms with Crippen LogP contribution in [0, 0.1) is 37.1 Å². The van der Waals surface area contributed by atoms with Crippen molar-refractivity contribution in [1.29, 1.82) is 0 Å². The zero-order valence-electron chi connectivity index (χ0n) is 49.7. The lowest BCUT2D eigenvalue weighted by atomic mass is 10.0. The Hall–Kier alpha value is -8.38. The maximum absolute atomic E-state index is 16.0. The summed E-state index contributed by atoms with van der Waals surface area (Å²) in [5.74, 6) is -6.96. The first kappa shape index (κ1) is 64.6. The molecule has 456 valence electrons. The van der Waals surface area contributed by atoms with Crippen molar-refractivity contribution in [3.63, 3.8) is 0 Å². The summed E-state index contributed by atoms with van der Waals surface area (Å²) in [7, 11) is 0. The van der Waals surface area contributed by atoms with Gasteiger partial charge in [-0.25, -0.2) is 55.4 Å². The number of carbonyl (C=O) groups is 2. The maximum Gasteiger partial charge on any atom is 0.364 e. The fourth-order valence-electron chi connectivity index (χ4n) is 10.8. The Morgan fingerprint density at radius 1 is 0.621 bits per heavy atom. The number of aromatic nitrogens is 8. The van der Waals surface area contributed by atoms with E-state index in [9.17, 15) is 28.0 Å². The summed E-state index contributed by atoms with van der Waals surface area (Å²) in [6, 6.07) is 15.0. The van der Waals surface area contributed by atoms with Crippen LogP contribution in [-0.4, -0.2) is 112 Å². The first-order valence-corrected chi connectivity index (χ1v) is 30.3. The summed E-state index contributed by atoms with van der Waals surface area (Å²) in [5, 5.41) is 8.16. The molecule has 24 heteroatoms.